The minimum atomic E-state index is -3.92. The Morgan fingerprint density at radius 2 is 1.84 bits per heavy atom. The summed E-state index contributed by atoms with van der Waals surface area (Å²) >= 11 is 0. The maximum Gasteiger partial charge on any atom is 0.265 e. The molecule has 8 heteroatoms. The van der Waals surface area contributed by atoms with Gasteiger partial charge in [-0.2, -0.15) is 0 Å². The zero-order valence-electron chi connectivity index (χ0n) is 18.8. The summed E-state index contributed by atoms with van der Waals surface area (Å²) in [6.07, 6.45) is -0.538. The lowest BCUT2D eigenvalue weighted by atomic mass is 9.80. The number of anilines is 1. The molecule has 1 fully saturated rings. The molecule has 3 rings (SSSR count). The molecule has 1 aliphatic heterocycles. The van der Waals surface area contributed by atoms with E-state index in [9.17, 15) is 8.42 Å². The first-order chi connectivity index (χ1) is 14.6. The Morgan fingerprint density at radius 1 is 1.10 bits per heavy atom. The highest BCUT2D eigenvalue weighted by Gasteiger charge is 2.40. The molecule has 2 aromatic carbocycles. The van der Waals surface area contributed by atoms with E-state index in [0.717, 1.165) is 5.56 Å². The minimum absolute atomic E-state index is 0.00783. The molecular weight excluding hydrogens is 418 g/mol. The zero-order chi connectivity index (χ0) is 22.8. The van der Waals surface area contributed by atoms with E-state index in [4.69, 9.17) is 18.9 Å². The van der Waals surface area contributed by atoms with Crippen molar-refractivity contribution in [2.24, 2.45) is 11.3 Å². The van der Waals surface area contributed by atoms with E-state index in [1.54, 1.807) is 30.3 Å². The Morgan fingerprint density at radius 3 is 2.48 bits per heavy atom. The standard InChI is InChI=1S/C23H31NO6S/c1-15(2)21-23(3,4)14-29-22(30-21)16-8-7-9-17(12-16)24-31(25,26)20-13-18(27-5)10-11-19(20)28-6/h7-13,15,21-22,24H,14H2,1-6H3/t21-,22-/m0/s1. The number of ether oxygens (including phenoxy) is 4. The summed E-state index contributed by atoms with van der Waals surface area (Å²) in [5.41, 5.74) is 1.05. The first-order valence-corrected chi connectivity index (χ1v) is 11.7. The smallest absolute Gasteiger partial charge is 0.265 e. The van der Waals surface area contributed by atoms with Crippen LogP contribution in [-0.2, 0) is 19.5 Å². The van der Waals surface area contributed by atoms with Gasteiger partial charge in [-0.3, -0.25) is 4.72 Å². The van der Waals surface area contributed by atoms with Crippen molar-refractivity contribution in [3.63, 3.8) is 0 Å². The van der Waals surface area contributed by atoms with Crippen molar-refractivity contribution in [3.8, 4) is 11.5 Å². The lowest BCUT2D eigenvalue weighted by Crippen LogP contribution is -2.45. The number of nitrogens with one attached hydrogen (secondary N) is 1. The molecule has 0 aliphatic carbocycles. The quantitative estimate of drug-likeness (QED) is 0.665. The van der Waals surface area contributed by atoms with Crippen LogP contribution in [0, 0.1) is 11.3 Å². The van der Waals surface area contributed by atoms with Crippen LogP contribution >= 0.6 is 0 Å². The highest BCUT2D eigenvalue weighted by molar-refractivity contribution is 7.92. The molecule has 0 radical (unpaired) electrons. The van der Waals surface area contributed by atoms with Crippen LogP contribution in [0.3, 0.4) is 0 Å². The third kappa shape index (κ3) is 5.14. The number of rotatable bonds is 7. The van der Waals surface area contributed by atoms with Gasteiger partial charge in [0.05, 0.1) is 26.9 Å². The van der Waals surface area contributed by atoms with Gasteiger partial charge in [-0.05, 0) is 30.2 Å². The average molecular weight is 450 g/mol. The average Bonchev–Trinajstić information content (AvgIpc) is 2.72. The number of hydrogen-bond donors (Lipinski definition) is 1. The van der Waals surface area contributed by atoms with Crippen LogP contribution in [0.1, 0.15) is 39.5 Å². The van der Waals surface area contributed by atoms with E-state index in [0.29, 0.717) is 24.0 Å². The van der Waals surface area contributed by atoms with Crippen LogP contribution < -0.4 is 14.2 Å². The van der Waals surface area contributed by atoms with E-state index in [1.165, 1.54) is 20.3 Å². The topological polar surface area (TPSA) is 83.1 Å². The van der Waals surface area contributed by atoms with Gasteiger partial charge in [-0.25, -0.2) is 8.42 Å². The molecular formula is C23H31NO6S. The molecule has 170 valence electrons. The number of benzene rings is 2. The molecule has 0 bridgehead atoms. The summed E-state index contributed by atoms with van der Waals surface area (Å²) in [5.74, 6) is 0.968. The molecule has 0 unspecified atom stereocenters. The van der Waals surface area contributed by atoms with Crippen LogP contribution in [0.25, 0.3) is 0 Å². The Balaban J connectivity index is 1.86. The van der Waals surface area contributed by atoms with E-state index >= 15 is 0 Å². The number of hydrogen-bond acceptors (Lipinski definition) is 6. The summed E-state index contributed by atoms with van der Waals surface area (Å²) in [4.78, 5) is -0.00783. The number of methoxy groups -OCH3 is 2. The van der Waals surface area contributed by atoms with Crippen LogP contribution in [0.4, 0.5) is 5.69 Å². The molecule has 0 amide bonds. The second kappa shape index (κ2) is 9.06. The van der Waals surface area contributed by atoms with Gasteiger partial charge in [0, 0.05) is 22.7 Å². The van der Waals surface area contributed by atoms with Gasteiger partial charge in [0.1, 0.15) is 16.4 Å². The number of sulfonamides is 1. The lowest BCUT2D eigenvalue weighted by molar-refractivity contribution is -0.274. The Hall–Kier alpha value is -2.29. The van der Waals surface area contributed by atoms with E-state index in [-0.39, 0.29) is 22.2 Å². The van der Waals surface area contributed by atoms with Crippen molar-refractivity contribution in [3.05, 3.63) is 48.0 Å². The predicted molar refractivity (Wildman–Crippen MR) is 119 cm³/mol. The van der Waals surface area contributed by atoms with Crippen molar-refractivity contribution in [1.29, 1.82) is 0 Å². The molecule has 1 aliphatic rings. The summed E-state index contributed by atoms with van der Waals surface area (Å²) in [7, 11) is -1.02. The van der Waals surface area contributed by atoms with Gasteiger partial charge in [0.25, 0.3) is 10.0 Å². The Kier molecular flexibility index (Phi) is 6.83. The Labute approximate surface area is 184 Å². The highest BCUT2D eigenvalue weighted by Crippen LogP contribution is 2.40. The summed E-state index contributed by atoms with van der Waals surface area (Å²) in [6, 6.07) is 11.7. The molecule has 2 atom stereocenters. The summed E-state index contributed by atoms with van der Waals surface area (Å²) in [5, 5.41) is 0. The van der Waals surface area contributed by atoms with E-state index in [1.807, 2.05) is 6.07 Å². The van der Waals surface area contributed by atoms with Crippen molar-refractivity contribution < 1.29 is 27.4 Å². The monoisotopic (exact) mass is 449 g/mol. The van der Waals surface area contributed by atoms with Crippen LogP contribution in [0.5, 0.6) is 11.5 Å². The minimum Gasteiger partial charge on any atom is -0.497 e. The van der Waals surface area contributed by atoms with Crippen molar-refractivity contribution in [1.82, 2.24) is 0 Å². The zero-order valence-corrected chi connectivity index (χ0v) is 19.7. The summed E-state index contributed by atoms with van der Waals surface area (Å²) in [6.45, 7) is 9.05. The largest absolute Gasteiger partial charge is 0.497 e. The molecule has 2 aromatic rings. The summed E-state index contributed by atoms with van der Waals surface area (Å²) < 4.78 is 51.3. The fourth-order valence-electron chi connectivity index (χ4n) is 3.92. The third-order valence-electron chi connectivity index (χ3n) is 5.32. The van der Waals surface area contributed by atoms with Gasteiger partial charge in [-0.15, -0.1) is 0 Å². The van der Waals surface area contributed by atoms with Crippen molar-refractivity contribution >= 4 is 15.7 Å². The SMILES string of the molecule is COc1ccc(OC)c(S(=O)(=O)Nc2cccc([C@H]3OCC(C)(C)[C@H](C(C)C)O3)c2)c1. The Bertz CT molecular complexity index is 1020. The van der Waals surface area contributed by atoms with Crippen LogP contribution in [0.15, 0.2) is 47.4 Å². The van der Waals surface area contributed by atoms with Gasteiger partial charge in [0.15, 0.2) is 6.29 Å². The molecule has 1 heterocycles. The third-order valence-corrected chi connectivity index (χ3v) is 6.73. The molecule has 7 nitrogen and oxygen atoms in total. The van der Waals surface area contributed by atoms with E-state index < -0.39 is 16.3 Å². The fraction of sp³-hybridized carbons (Fsp3) is 0.478. The molecule has 31 heavy (non-hydrogen) atoms. The highest BCUT2D eigenvalue weighted by atomic mass is 32.2. The van der Waals surface area contributed by atoms with Crippen molar-refractivity contribution in [2.45, 2.75) is 45.0 Å². The van der Waals surface area contributed by atoms with Gasteiger partial charge < -0.3 is 18.9 Å². The second-order valence-electron chi connectivity index (χ2n) is 8.68. The molecule has 0 saturated carbocycles. The fourth-order valence-corrected chi connectivity index (χ4v) is 5.15. The molecule has 0 aromatic heterocycles. The van der Waals surface area contributed by atoms with E-state index in [2.05, 4.69) is 32.4 Å². The molecule has 1 saturated heterocycles. The lowest BCUT2D eigenvalue weighted by Gasteiger charge is -2.44. The maximum atomic E-state index is 13.1. The van der Waals surface area contributed by atoms with Crippen molar-refractivity contribution in [2.75, 3.05) is 25.5 Å². The van der Waals surface area contributed by atoms with Crippen LogP contribution in [0.2, 0.25) is 0 Å². The van der Waals surface area contributed by atoms with Gasteiger partial charge in [-0.1, -0.05) is 39.8 Å². The second-order valence-corrected chi connectivity index (χ2v) is 10.3. The molecule has 0 spiro atoms. The van der Waals surface area contributed by atoms with Gasteiger partial charge in [0.2, 0.25) is 0 Å². The predicted octanol–water partition coefficient (Wildman–Crippen LogP) is 4.60. The normalized spacial score (nSPS) is 21.0. The maximum absolute atomic E-state index is 13.1. The molecule has 1 N–H and O–H groups in total. The first kappa shape index (κ1) is 23.4. The first-order valence-electron chi connectivity index (χ1n) is 10.2. The van der Waals surface area contributed by atoms with Crippen LogP contribution in [-0.4, -0.2) is 35.3 Å². The van der Waals surface area contributed by atoms with Gasteiger partial charge >= 0.3 is 0 Å².